The summed E-state index contributed by atoms with van der Waals surface area (Å²) in [7, 11) is 5.44. The predicted octanol–water partition coefficient (Wildman–Crippen LogP) is 2.53. The molecule has 0 spiro atoms. The molecular weight excluding hydrogens is 422 g/mol. The summed E-state index contributed by atoms with van der Waals surface area (Å²) in [5, 5.41) is 3.29. The molecule has 4 rings (SSSR count). The van der Waals surface area contributed by atoms with Crippen LogP contribution in [0.4, 0.5) is 11.4 Å². The number of benzene rings is 2. The Hall–Kier alpha value is -3.39. The van der Waals surface area contributed by atoms with Gasteiger partial charge in [0.05, 0.1) is 31.2 Å². The molecule has 2 aliphatic rings. The Morgan fingerprint density at radius 2 is 1.70 bits per heavy atom. The Labute approximate surface area is 193 Å². The van der Waals surface area contributed by atoms with Crippen LogP contribution in [0.5, 0.6) is 5.75 Å². The van der Waals surface area contributed by atoms with Gasteiger partial charge in [-0.3, -0.25) is 19.7 Å². The number of fused-ring (bicyclic) bond motifs is 1. The minimum Gasteiger partial charge on any atom is -0.497 e. The molecule has 2 amide bonds. The molecule has 8 heteroatoms. The number of rotatable bonds is 6. The highest BCUT2D eigenvalue weighted by Gasteiger charge is 2.67. The Kier molecular flexibility index (Phi) is 5.88. The highest BCUT2D eigenvalue weighted by atomic mass is 16.5. The molecule has 0 radical (unpaired) electrons. The molecule has 8 nitrogen and oxygen atoms in total. The van der Waals surface area contributed by atoms with E-state index in [1.54, 1.807) is 45.2 Å². The summed E-state index contributed by atoms with van der Waals surface area (Å²) in [6, 6.07) is 14.0. The third-order valence-corrected chi connectivity index (χ3v) is 6.59. The van der Waals surface area contributed by atoms with Crippen molar-refractivity contribution in [3.63, 3.8) is 0 Å². The zero-order valence-electron chi connectivity index (χ0n) is 19.5. The average Bonchev–Trinajstić information content (AvgIpc) is 3.27. The first kappa shape index (κ1) is 22.8. The lowest BCUT2D eigenvalue weighted by molar-refractivity contribution is -0.153. The third-order valence-electron chi connectivity index (χ3n) is 6.59. The molecule has 2 fully saturated rings. The van der Waals surface area contributed by atoms with Crippen LogP contribution in [0.1, 0.15) is 25.5 Å². The number of nitrogens with one attached hydrogen (secondary N) is 1. The van der Waals surface area contributed by atoms with Gasteiger partial charge < -0.3 is 14.4 Å². The molecule has 0 bridgehead atoms. The van der Waals surface area contributed by atoms with E-state index < -0.39 is 35.3 Å². The number of hydrogen-bond acceptors (Lipinski definition) is 7. The van der Waals surface area contributed by atoms with E-state index in [1.165, 1.54) is 4.90 Å². The van der Waals surface area contributed by atoms with Crippen LogP contribution in [-0.4, -0.2) is 51.1 Å². The van der Waals surface area contributed by atoms with E-state index in [0.717, 1.165) is 11.3 Å². The molecule has 0 aliphatic carbocycles. The first-order valence-corrected chi connectivity index (χ1v) is 11.0. The summed E-state index contributed by atoms with van der Waals surface area (Å²) in [6.45, 7) is 3.55. The molecule has 33 heavy (non-hydrogen) atoms. The van der Waals surface area contributed by atoms with E-state index in [0.29, 0.717) is 11.4 Å². The summed E-state index contributed by atoms with van der Waals surface area (Å²) >= 11 is 0. The fraction of sp³-hybridized carbons (Fsp3) is 0.400. The van der Waals surface area contributed by atoms with Gasteiger partial charge in [0.25, 0.3) is 0 Å². The number of hydrogen-bond donors (Lipinski definition) is 1. The van der Waals surface area contributed by atoms with Crippen LogP contribution >= 0.6 is 0 Å². The molecule has 1 N–H and O–H groups in total. The normalized spacial score (nSPS) is 26.3. The standard InChI is InChI=1S/C25H29N3O5/c1-6-33-24(31)25(2)20-19(21(26-25)15-7-9-16(10-8-15)27(3)4)22(29)28(23(20)30)17-11-13-18(32-5)14-12-17/h7-14,19-21,26H,6H2,1-5H3/t19-,20+,21+,25+/m0/s1. The maximum absolute atomic E-state index is 13.7. The maximum atomic E-state index is 13.7. The molecule has 174 valence electrons. The van der Waals surface area contributed by atoms with Crippen LogP contribution < -0.4 is 19.9 Å². The van der Waals surface area contributed by atoms with Crippen LogP contribution in [0.3, 0.4) is 0 Å². The molecular formula is C25H29N3O5. The van der Waals surface area contributed by atoms with Crippen molar-refractivity contribution in [2.75, 3.05) is 37.6 Å². The van der Waals surface area contributed by atoms with Crippen molar-refractivity contribution in [2.45, 2.75) is 25.4 Å². The van der Waals surface area contributed by atoms with Gasteiger partial charge in [0.15, 0.2) is 0 Å². The Balaban J connectivity index is 1.77. The number of imide groups is 1. The Bertz CT molecular complexity index is 1070. The number of carbonyl (C=O) groups is 3. The second-order valence-electron chi connectivity index (χ2n) is 8.74. The first-order chi connectivity index (χ1) is 15.7. The van der Waals surface area contributed by atoms with E-state index in [-0.39, 0.29) is 12.5 Å². The van der Waals surface area contributed by atoms with Gasteiger partial charge in [0.2, 0.25) is 11.8 Å². The monoisotopic (exact) mass is 451 g/mol. The average molecular weight is 452 g/mol. The fourth-order valence-corrected chi connectivity index (χ4v) is 4.86. The minimum absolute atomic E-state index is 0.181. The van der Waals surface area contributed by atoms with Crippen LogP contribution in [0, 0.1) is 11.8 Å². The van der Waals surface area contributed by atoms with Gasteiger partial charge in [-0.05, 0) is 55.8 Å². The van der Waals surface area contributed by atoms with Gasteiger partial charge in [0.1, 0.15) is 11.3 Å². The maximum Gasteiger partial charge on any atom is 0.326 e. The number of methoxy groups -OCH3 is 1. The van der Waals surface area contributed by atoms with Crippen LogP contribution in [0.2, 0.25) is 0 Å². The number of amides is 2. The highest BCUT2D eigenvalue weighted by molar-refractivity contribution is 6.24. The number of anilines is 2. The summed E-state index contributed by atoms with van der Waals surface area (Å²) in [5.74, 6) is -2.29. The van der Waals surface area contributed by atoms with E-state index in [2.05, 4.69) is 5.32 Å². The summed E-state index contributed by atoms with van der Waals surface area (Å²) in [5.41, 5.74) is 0.962. The van der Waals surface area contributed by atoms with Crippen molar-refractivity contribution in [1.82, 2.24) is 5.32 Å². The van der Waals surface area contributed by atoms with Crippen molar-refractivity contribution in [2.24, 2.45) is 11.8 Å². The third kappa shape index (κ3) is 3.64. The molecule has 2 heterocycles. The van der Waals surface area contributed by atoms with Crippen molar-refractivity contribution in [3.05, 3.63) is 54.1 Å². The lowest BCUT2D eigenvalue weighted by Crippen LogP contribution is -2.54. The summed E-state index contributed by atoms with van der Waals surface area (Å²) in [6.07, 6.45) is 0. The largest absolute Gasteiger partial charge is 0.497 e. The SMILES string of the molecule is CCOC(=O)[C@]1(C)N[C@H](c2ccc(N(C)C)cc2)[C@H]2C(=O)N(c3ccc(OC)cc3)C(=O)[C@@H]21. The van der Waals surface area contributed by atoms with Gasteiger partial charge in [-0.1, -0.05) is 12.1 Å². The van der Waals surface area contributed by atoms with E-state index in [1.807, 2.05) is 43.3 Å². The van der Waals surface area contributed by atoms with Crippen LogP contribution in [0.15, 0.2) is 48.5 Å². The summed E-state index contributed by atoms with van der Waals surface area (Å²) < 4.78 is 10.5. The van der Waals surface area contributed by atoms with Gasteiger partial charge in [-0.15, -0.1) is 0 Å². The summed E-state index contributed by atoms with van der Waals surface area (Å²) in [4.78, 5) is 43.5. The van der Waals surface area contributed by atoms with Crippen molar-refractivity contribution < 1.29 is 23.9 Å². The topological polar surface area (TPSA) is 88.2 Å². The van der Waals surface area contributed by atoms with Gasteiger partial charge >= 0.3 is 5.97 Å². The zero-order chi connectivity index (χ0) is 23.9. The van der Waals surface area contributed by atoms with Crippen LogP contribution in [-0.2, 0) is 19.1 Å². The number of carbonyl (C=O) groups excluding carboxylic acids is 3. The Morgan fingerprint density at radius 1 is 1.06 bits per heavy atom. The van der Waals surface area contributed by atoms with Crippen molar-refractivity contribution in [1.29, 1.82) is 0 Å². The lowest BCUT2D eigenvalue weighted by atomic mass is 9.80. The van der Waals surface area contributed by atoms with Crippen molar-refractivity contribution in [3.8, 4) is 5.75 Å². The molecule has 0 aromatic heterocycles. The molecule has 0 unspecified atom stereocenters. The molecule has 2 saturated heterocycles. The highest BCUT2D eigenvalue weighted by Crippen LogP contribution is 2.50. The van der Waals surface area contributed by atoms with Gasteiger partial charge in [-0.25, -0.2) is 4.90 Å². The quantitative estimate of drug-likeness (QED) is 0.533. The molecule has 0 saturated carbocycles. The second kappa shape index (κ2) is 8.51. The van der Waals surface area contributed by atoms with E-state index in [4.69, 9.17) is 9.47 Å². The predicted molar refractivity (Wildman–Crippen MR) is 124 cm³/mol. The number of ether oxygens (including phenoxy) is 2. The number of esters is 1. The first-order valence-electron chi connectivity index (χ1n) is 11.0. The second-order valence-corrected chi connectivity index (χ2v) is 8.74. The minimum atomic E-state index is -1.33. The van der Waals surface area contributed by atoms with Crippen molar-refractivity contribution >= 4 is 29.2 Å². The van der Waals surface area contributed by atoms with Crippen LogP contribution in [0.25, 0.3) is 0 Å². The molecule has 2 aromatic rings. The fourth-order valence-electron chi connectivity index (χ4n) is 4.86. The number of nitrogens with zero attached hydrogens (tertiary/aromatic N) is 2. The van der Waals surface area contributed by atoms with E-state index >= 15 is 0 Å². The molecule has 2 aliphatic heterocycles. The molecule has 2 aromatic carbocycles. The zero-order valence-corrected chi connectivity index (χ0v) is 19.5. The van der Waals surface area contributed by atoms with Gasteiger partial charge in [0, 0.05) is 25.8 Å². The van der Waals surface area contributed by atoms with E-state index in [9.17, 15) is 14.4 Å². The lowest BCUT2D eigenvalue weighted by Gasteiger charge is -2.29. The Morgan fingerprint density at radius 3 is 2.24 bits per heavy atom. The molecule has 4 atom stereocenters. The van der Waals surface area contributed by atoms with Gasteiger partial charge in [-0.2, -0.15) is 0 Å². The smallest absolute Gasteiger partial charge is 0.326 e.